The molecule has 1 aromatic heterocycles. The Morgan fingerprint density at radius 3 is 2.56 bits per heavy atom. The number of hydrogen-bond donors (Lipinski definition) is 1. The second-order valence-electron chi connectivity index (χ2n) is 9.14. The number of amides is 1. The molecule has 8 nitrogen and oxygen atoms in total. The van der Waals surface area contributed by atoms with Gasteiger partial charge in [0.25, 0.3) is 11.5 Å². The number of anilines is 1. The number of carbonyl (C=O) groups excluding carboxylic acids is 1. The van der Waals surface area contributed by atoms with Gasteiger partial charge in [-0.2, -0.15) is 9.78 Å². The van der Waals surface area contributed by atoms with Crippen molar-refractivity contribution in [3.63, 3.8) is 0 Å². The van der Waals surface area contributed by atoms with Gasteiger partial charge < -0.3 is 14.8 Å². The lowest BCUT2D eigenvalue weighted by Crippen LogP contribution is -2.23. The average molecular weight is 592 g/mol. The molecule has 0 aliphatic rings. The van der Waals surface area contributed by atoms with Crippen molar-refractivity contribution in [2.75, 3.05) is 18.5 Å². The lowest BCUT2D eigenvalue weighted by Gasteiger charge is -2.14. The summed E-state index contributed by atoms with van der Waals surface area (Å²) >= 11 is 3.43. The molecule has 39 heavy (non-hydrogen) atoms. The molecule has 9 heteroatoms. The van der Waals surface area contributed by atoms with E-state index in [0.717, 1.165) is 16.5 Å². The van der Waals surface area contributed by atoms with Gasteiger partial charge >= 0.3 is 0 Å². The van der Waals surface area contributed by atoms with Crippen LogP contribution in [0.4, 0.5) is 5.69 Å². The number of ether oxygens (including phenoxy) is 2. The SMILES string of the molecule is CCOc1cc(C=Nn2c([C@H](C)CC)nc3ccc(Br)cc3c2=O)ccc1OCC(=O)Nc1ccc(C)cc1. The smallest absolute Gasteiger partial charge is 0.282 e. The number of carbonyl (C=O) groups is 1. The molecule has 0 aliphatic heterocycles. The second kappa shape index (κ2) is 12.7. The van der Waals surface area contributed by atoms with Crippen LogP contribution in [-0.2, 0) is 4.79 Å². The Morgan fingerprint density at radius 1 is 1.08 bits per heavy atom. The molecule has 0 saturated heterocycles. The third-order valence-electron chi connectivity index (χ3n) is 6.17. The monoisotopic (exact) mass is 590 g/mol. The summed E-state index contributed by atoms with van der Waals surface area (Å²) in [5, 5.41) is 7.82. The van der Waals surface area contributed by atoms with Gasteiger partial charge in [0, 0.05) is 16.1 Å². The predicted octanol–water partition coefficient (Wildman–Crippen LogP) is 6.28. The van der Waals surface area contributed by atoms with Crippen molar-refractivity contribution < 1.29 is 14.3 Å². The maximum absolute atomic E-state index is 13.4. The minimum absolute atomic E-state index is 0.0312. The summed E-state index contributed by atoms with van der Waals surface area (Å²) in [5.74, 6) is 1.25. The molecule has 0 radical (unpaired) electrons. The van der Waals surface area contributed by atoms with Crippen molar-refractivity contribution >= 4 is 44.6 Å². The van der Waals surface area contributed by atoms with E-state index in [1.54, 1.807) is 30.5 Å². The minimum atomic E-state index is -0.278. The van der Waals surface area contributed by atoms with Crippen LogP contribution in [-0.4, -0.2) is 35.0 Å². The van der Waals surface area contributed by atoms with Crippen LogP contribution < -0.4 is 20.3 Å². The maximum Gasteiger partial charge on any atom is 0.282 e. The summed E-state index contributed by atoms with van der Waals surface area (Å²) in [6.07, 6.45) is 2.40. The van der Waals surface area contributed by atoms with Crippen LogP contribution in [0.3, 0.4) is 0 Å². The van der Waals surface area contributed by atoms with Crippen molar-refractivity contribution in [1.82, 2.24) is 9.66 Å². The van der Waals surface area contributed by atoms with Crippen LogP contribution in [0.25, 0.3) is 10.9 Å². The van der Waals surface area contributed by atoms with Crippen LogP contribution in [0.5, 0.6) is 11.5 Å². The summed E-state index contributed by atoms with van der Waals surface area (Å²) in [7, 11) is 0. The molecule has 4 rings (SSSR count). The van der Waals surface area contributed by atoms with Gasteiger partial charge in [0.15, 0.2) is 18.1 Å². The van der Waals surface area contributed by atoms with E-state index >= 15 is 0 Å². The molecule has 202 valence electrons. The Bertz CT molecular complexity index is 1560. The van der Waals surface area contributed by atoms with Crippen molar-refractivity contribution in [2.45, 2.75) is 40.0 Å². The standard InChI is InChI=1S/C30H31BrN4O4/c1-5-20(4)29-34-25-13-10-22(31)16-24(25)30(37)35(29)32-17-21-9-14-26(27(15-21)38-6-2)39-18-28(36)33-23-11-7-19(3)8-12-23/h7-17,20H,5-6,18H2,1-4H3,(H,33,36)/t20-/m1/s1. The van der Waals surface area contributed by atoms with Gasteiger partial charge in [0.1, 0.15) is 5.82 Å². The zero-order chi connectivity index (χ0) is 27.9. The van der Waals surface area contributed by atoms with E-state index in [1.807, 2.05) is 64.1 Å². The van der Waals surface area contributed by atoms with Crippen molar-refractivity contribution in [3.05, 3.63) is 92.4 Å². The van der Waals surface area contributed by atoms with E-state index in [4.69, 9.17) is 14.5 Å². The molecule has 4 aromatic rings. The number of benzene rings is 3. The molecule has 3 aromatic carbocycles. The highest BCUT2D eigenvalue weighted by Crippen LogP contribution is 2.28. The molecule has 0 bridgehead atoms. The van der Waals surface area contributed by atoms with Gasteiger partial charge in [-0.3, -0.25) is 9.59 Å². The Labute approximate surface area is 235 Å². The topological polar surface area (TPSA) is 94.8 Å². The number of nitrogens with one attached hydrogen (secondary N) is 1. The third kappa shape index (κ3) is 6.92. The normalized spacial score (nSPS) is 12.0. The third-order valence-corrected chi connectivity index (χ3v) is 6.66. The van der Waals surface area contributed by atoms with E-state index in [1.165, 1.54) is 4.68 Å². The first-order chi connectivity index (χ1) is 18.8. The Kier molecular flexibility index (Phi) is 9.14. The second-order valence-corrected chi connectivity index (χ2v) is 10.1. The fourth-order valence-electron chi connectivity index (χ4n) is 3.87. The highest BCUT2D eigenvalue weighted by Gasteiger charge is 2.16. The van der Waals surface area contributed by atoms with Gasteiger partial charge in [-0.25, -0.2) is 4.98 Å². The lowest BCUT2D eigenvalue weighted by molar-refractivity contribution is -0.118. The number of aromatic nitrogens is 2. The molecule has 0 spiro atoms. The number of aryl methyl sites for hydroxylation is 1. The molecular weight excluding hydrogens is 560 g/mol. The van der Waals surface area contributed by atoms with Crippen molar-refractivity contribution in [2.24, 2.45) is 5.10 Å². The minimum Gasteiger partial charge on any atom is -0.490 e. The molecule has 0 fully saturated rings. The molecule has 1 N–H and O–H groups in total. The van der Waals surface area contributed by atoms with Crippen molar-refractivity contribution in [1.29, 1.82) is 0 Å². The molecule has 1 atom stereocenters. The Balaban J connectivity index is 1.57. The van der Waals surface area contributed by atoms with Gasteiger partial charge in [-0.15, -0.1) is 0 Å². The first-order valence-electron chi connectivity index (χ1n) is 12.8. The molecule has 0 unspecified atom stereocenters. The van der Waals surface area contributed by atoms with E-state index in [-0.39, 0.29) is 24.0 Å². The number of rotatable bonds is 10. The van der Waals surface area contributed by atoms with Crippen LogP contribution in [0.1, 0.15) is 50.1 Å². The van der Waals surface area contributed by atoms with Crippen LogP contribution in [0.2, 0.25) is 0 Å². The number of nitrogens with zero attached hydrogens (tertiary/aromatic N) is 3. The fourth-order valence-corrected chi connectivity index (χ4v) is 4.23. The quantitative estimate of drug-likeness (QED) is 0.219. The first-order valence-corrected chi connectivity index (χ1v) is 13.6. The summed E-state index contributed by atoms with van der Waals surface area (Å²) in [6.45, 7) is 8.16. The zero-order valence-electron chi connectivity index (χ0n) is 22.4. The van der Waals surface area contributed by atoms with E-state index in [9.17, 15) is 9.59 Å². The largest absolute Gasteiger partial charge is 0.490 e. The van der Waals surface area contributed by atoms with Gasteiger partial charge in [0.05, 0.1) is 23.7 Å². The highest BCUT2D eigenvalue weighted by atomic mass is 79.9. The Hall–Kier alpha value is -3.98. The van der Waals surface area contributed by atoms with Crippen LogP contribution in [0.15, 0.2) is 75.0 Å². The molecule has 0 saturated carbocycles. The van der Waals surface area contributed by atoms with Crippen LogP contribution >= 0.6 is 15.9 Å². The molecule has 0 aliphatic carbocycles. The molecular formula is C30H31BrN4O4. The van der Waals surface area contributed by atoms with E-state index in [2.05, 4.69) is 26.3 Å². The summed E-state index contributed by atoms with van der Waals surface area (Å²) in [6, 6.07) is 18.3. The van der Waals surface area contributed by atoms with Gasteiger partial charge in [0.2, 0.25) is 0 Å². The predicted molar refractivity (Wildman–Crippen MR) is 158 cm³/mol. The maximum atomic E-state index is 13.4. The van der Waals surface area contributed by atoms with E-state index in [0.29, 0.717) is 46.1 Å². The van der Waals surface area contributed by atoms with Gasteiger partial charge in [-0.05, 0) is 74.4 Å². The lowest BCUT2D eigenvalue weighted by atomic mass is 10.1. The Morgan fingerprint density at radius 2 is 1.85 bits per heavy atom. The molecule has 1 heterocycles. The van der Waals surface area contributed by atoms with Gasteiger partial charge in [-0.1, -0.05) is 47.5 Å². The van der Waals surface area contributed by atoms with E-state index < -0.39 is 0 Å². The number of hydrogen-bond acceptors (Lipinski definition) is 6. The number of halogens is 1. The molecule has 1 amide bonds. The fraction of sp³-hybridized carbons (Fsp3) is 0.267. The summed E-state index contributed by atoms with van der Waals surface area (Å²) < 4.78 is 13.7. The first kappa shape index (κ1) is 28.0. The highest BCUT2D eigenvalue weighted by molar-refractivity contribution is 9.10. The van der Waals surface area contributed by atoms with Crippen LogP contribution in [0, 0.1) is 6.92 Å². The zero-order valence-corrected chi connectivity index (χ0v) is 24.0. The number of fused-ring (bicyclic) bond motifs is 1. The summed E-state index contributed by atoms with van der Waals surface area (Å²) in [5.41, 5.74) is 2.91. The van der Waals surface area contributed by atoms with Crippen molar-refractivity contribution in [3.8, 4) is 11.5 Å². The summed E-state index contributed by atoms with van der Waals surface area (Å²) in [4.78, 5) is 30.5. The average Bonchev–Trinajstić information content (AvgIpc) is 2.93.